The molecule has 0 aromatic carbocycles. The maximum Gasteiger partial charge on any atom is 0.384 e. The van der Waals surface area contributed by atoms with Gasteiger partial charge >= 0.3 is 11.5 Å². The molecule has 0 unspecified atom stereocenters. The van der Waals surface area contributed by atoms with Gasteiger partial charge in [-0.2, -0.15) is 0 Å². The van der Waals surface area contributed by atoms with Crippen molar-refractivity contribution >= 4 is 17.0 Å². The molecule has 4 heterocycles. The predicted molar refractivity (Wildman–Crippen MR) is 82.0 cm³/mol. The van der Waals surface area contributed by atoms with Gasteiger partial charge in [0.2, 0.25) is 0 Å². The van der Waals surface area contributed by atoms with Gasteiger partial charge in [0.1, 0.15) is 5.52 Å². The Labute approximate surface area is 127 Å². The zero-order valence-corrected chi connectivity index (χ0v) is 12.5. The number of nitrogens with zero attached hydrogens (tertiary/aromatic N) is 6. The van der Waals surface area contributed by atoms with Gasteiger partial charge in [-0.1, -0.05) is 0 Å². The molecule has 2 aromatic rings. The van der Waals surface area contributed by atoms with E-state index >= 15 is 0 Å². The Hall–Kier alpha value is -2.31. The van der Waals surface area contributed by atoms with Gasteiger partial charge in [-0.25, -0.2) is 9.78 Å². The van der Waals surface area contributed by atoms with Gasteiger partial charge in [0.05, 0.1) is 26.2 Å². The average Bonchev–Trinajstić information content (AvgIpc) is 3.24. The first-order valence-electron chi connectivity index (χ1n) is 7.92. The van der Waals surface area contributed by atoms with Crippen LogP contribution in [0.1, 0.15) is 25.7 Å². The lowest BCUT2D eigenvalue weighted by molar-refractivity contribution is -0.513. The molecule has 2 aliphatic heterocycles. The van der Waals surface area contributed by atoms with Crippen LogP contribution < -0.4 is 5.56 Å². The molecular formula is C15H19N6O+. The third-order valence-electron chi connectivity index (χ3n) is 4.39. The van der Waals surface area contributed by atoms with Crippen molar-refractivity contribution in [2.75, 3.05) is 26.2 Å². The minimum Gasteiger partial charge on any atom is -0.262 e. The largest absolute Gasteiger partial charge is 0.384 e. The highest BCUT2D eigenvalue weighted by Crippen LogP contribution is 2.12. The Balaban J connectivity index is 1.91. The lowest BCUT2D eigenvalue weighted by atomic mass is 10.4. The number of fused-ring (bicyclic) bond motifs is 1. The summed E-state index contributed by atoms with van der Waals surface area (Å²) in [7, 11) is 0. The maximum absolute atomic E-state index is 12.8. The van der Waals surface area contributed by atoms with Crippen molar-refractivity contribution in [3.63, 3.8) is 0 Å². The first-order valence-corrected chi connectivity index (χ1v) is 7.92. The smallest absolute Gasteiger partial charge is 0.262 e. The fourth-order valence-corrected chi connectivity index (χ4v) is 3.31. The van der Waals surface area contributed by atoms with Crippen LogP contribution in [0.15, 0.2) is 23.1 Å². The molecule has 4 rings (SSSR count). The van der Waals surface area contributed by atoms with Gasteiger partial charge in [0.25, 0.3) is 0 Å². The van der Waals surface area contributed by atoms with Crippen LogP contribution in [0.4, 0.5) is 0 Å². The van der Waals surface area contributed by atoms with E-state index in [1.807, 2.05) is 0 Å². The Morgan fingerprint density at radius 2 is 1.91 bits per heavy atom. The standard InChI is InChI=1S/C15H19N6O/c22-14-13-12(6-5-7-16-13)17-18-21(14)15(19-8-1-2-9-19)20-10-3-4-11-20/h5-7H,1-4,8-11H2/q+1. The summed E-state index contributed by atoms with van der Waals surface area (Å²) in [6, 6.07) is 3.54. The highest BCUT2D eigenvalue weighted by molar-refractivity contribution is 5.80. The summed E-state index contributed by atoms with van der Waals surface area (Å²) >= 11 is 0. The molecule has 7 heteroatoms. The van der Waals surface area contributed by atoms with Crippen molar-refractivity contribution in [1.29, 1.82) is 0 Å². The van der Waals surface area contributed by atoms with Crippen molar-refractivity contribution in [3.05, 3.63) is 28.7 Å². The van der Waals surface area contributed by atoms with E-state index in [1.54, 1.807) is 18.3 Å². The third kappa shape index (κ3) is 2.17. The number of likely N-dealkylation sites (tertiary alicyclic amines) is 1. The molecule has 2 saturated heterocycles. The fraction of sp³-hybridized carbons (Fsp3) is 0.533. The maximum atomic E-state index is 12.8. The van der Waals surface area contributed by atoms with Gasteiger partial charge < -0.3 is 0 Å². The average molecular weight is 299 g/mol. The van der Waals surface area contributed by atoms with Crippen LogP contribution in [0.5, 0.6) is 0 Å². The van der Waals surface area contributed by atoms with Crippen LogP contribution >= 0.6 is 0 Å². The molecule has 0 amide bonds. The SMILES string of the molecule is O=c1c2ncccc2nnn1C(N1CCCC1)=[N+]1CCCC1. The second-order valence-corrected chi connectivity index (χ2v) is 5.87. The second kappa shape index (κ2) is 5.47. The van der Waals surface area contributed by atoms with Gasteiger partial charge in [-0.15, -0.1) is 5.10 Å². The summed E-state index contributed by atoms with van der Waals surface area (Å²) in [4.78, 5) is 19.3. The van der Waals surface area contributed by atoms with Crippen LogP contribution in [0, 0.1) is 0 Å². The summed E-state index contributed by atoms with van der Waals surface area (Å²) in [5, 5.41) is 8.37. The molecular weight excluding hydrogens is 280 g/mol. The van der Waals surface area contributed by atoms with E-state index in [0.29, 0.717) is 11.0 Å². The summed E-state index contributed by atoms with van der Waals surface area (Å²) in [5.41, 5.74) is 0.749. The molecule has 0 N–H and O–H groups in total. The number of hydrogen-bond donors (Lipinski definition) is 0. The second-order valence-electron chi connectivity index (χ2n) is 5.87. The topological polar surface area (TPSA) is 66.9 Å². The molecule has 2 fully saturated rings. The van der Waals surface area contributed by atoms with Crippen molar-refractivity contribution in [2.45, 2.75) is 25.7 Å². The lowest BCUT2D eigenvalue weighted by Gasteiger charge is -2.16. The van der Waals surface area contributed by atoms with Crippen LogP contribution in [-0.2, 0) is 0 Å². The molecule has 0 aliphatic carbocycles. The molecule has 114 valence electrons. The van der Waals surface area contributed by atoms with Crippen LogP contribution in [0.3, 0.4) is 0 Å². The Bertz CT molecular complexity index is 782. The molecule has 0 spiro atoms. The van der Waals surface area contributed by atoms with Gasteiger partial charge in [-0.3, -0.25) is 9.48 Å². The molecule has 0 bridgehead atoms. The molecule has 22 heavy (non-hydrogen) atoms. The zero-order valence-electron chi connectivity index (χ0n) is 12.5. The lowest BCUT2D eigenvalue weighted by Crippen LogP contribution is -2.47. The van der Waals surface area contributed by atoms with Crippen LogP contribution in [-0.4, -0.2) is 61.6 Å². The number of pyridine rings is 1. The van der Waals surface area contributed by atoms with E-state index in [1.165, 1.54) is 4.68 Å². The van der Waals surface area contributed by atoms with Crippen molar-refractivity contribution in [1.82, 2.24) is 24.9 Å². The molecule has 0 atom stereocenters. The quantitative estimate of drug-likeness (QED) is 0.517. The Kier molecular flexibility index (Phi) is 3.32. The highest BCUT2D eigenvalue weighted by atomic mass is 16.1. The van der Waals surface area contributed by atoms with E-state index < -0.39 is 0 Å². The molecule has 7 nitrogen and oxygen atoms in total. The van der Waals surface area contributed by atoms with E-state index in [2.05, 4.69) is 24.8 Å². The van der Waals surface area contributed by atoms with Crippen molar-refractivity contribution in [2.24, 2.45) is 0 Å². The highest BCUT2D eigenvalue weighted by Gasteiger charge is 2.32. The summed E-state index contributed by atoms with van der Waals surface area (Å²) < 4.78 is 3.71. The summed E-state index contributed by atoms with van der Waals surface area (Å²) in [6.45, 7) is 3.89. The van der Waals surface area contributed by atoms with Gasteiger partial charge in [0.15, 0.2) is 5.52 Å². The minimum atomic E-state index is -0.181. The molecule has 0 radical (unpaired) electrons. The van der Waals surface area contributed by atoms with Crippen molar-refractivity contribution in [3.8, 4) is 0 Å². The van der Waals surface area contributed by atoms with Crippen LogP contribution in [0.25, 0.3) is 11.0 Å². The Morgan fingerprint density at radius 1 is 1.14 bits per heavy atom. The van der Waals surface area contributed by atoms with E-state index in [-0.39, 0.29) is 5.56 Å². The molecule has 2 aliphatic rings. The fourth-order valence-electron chi connectivity index (χ4n) is 3.31. The minimum absolute atomic E-state index is 0.181. The normalized spacial score (nSPS) is 18.4. The number of aromatic nitrogens is 4. The third-order valence-corrected chi connectivity index (χ3v) is 4.39. The molecule has 0 saturated carbocycles. The number of hydrogen-bond acceptors (Lipinski definition) is 4. The summed E-state index contributed by atoms with van der Waals surface area (Å²) in [5.74, 6) is 0.889. The van der Waals surface area contributed by atoms with E-state index in [0.717, 1.165) is 57.8 Å². The number of rotatable bonds is 0. The Morgan fingerprint density at radius 3 is 2.68 bits per heavy atom. The van der Waals surface area contributed by atoms with Gasteiger partial charge in [0, 0.05) is 11.4 Å². The zero-order chi connectivity index (χ0) is 14.9. The first-order chi connectivity index (χ1) is 10.8. The monoisotopic (exact) mass is 299 g/mol. The van der Waals surface area contributed by atoms with E-state index in [9.17, 15) is 4.79 Å². The predicted octanol–water partition coefficient (Wildman–Crippen LogP) is 0.293. The van der Waals surface area contributed by atoms with Crippen LogP contribution in [0.2, 0.25) is 0 Å². The summed E-state index contributed by atoms with van der Waals surface area (Å²) in [6.07, 6.45) is 6.26. The van der Waals surface area contributed by atoms with Crippen molar-refractivity contribution < 1.29 is 4.58 Å². The van der Waals surface area contributed by atoms with E-state index in [4.69, 9.17) is 0 Å². The van der Waals surface area contributed by atoms with Gasteiger partial charge in [-0.05, 0) is 42.5 Å². The molecule has 2 aromatic heterocycles. The first kappa shape index (κ1) is 13.4.